The number of rotatable bonds is 4. The highest BCUT2D eigenvalue weighted by Crippen LogP contribution is 2.39. The second-order valence-electron chi connectivity index (χ2n) is 9.69. The molecule has 3 aromatic carbocycles. The van der Waals surface area contributed by atoms with E-state index in [0.29, 0.717) is 5.75 Å². The van der Waals surface area contributed by atoms with Gasteiger partial charge in [-0.15, -0.1) is 0 Å². The van der Waals surface area contributed by atoms with Crippen LogP contribution in [0.15, 0.2) is 77.9 Å². The first-order valence-electron chi connectivity index (χ1n) is 10.4. The number of phenols is 1. The minimum absolute atomic E-state index is 0.174. The zero-order chi connectivity index (χ0) is 21.9. The van der Waals surface area contributed by atoms with Crippen LogP contribution in [0.1, 0.15) is 58.2 Å². The highest BCUT2D eigenvalue weighted by molar-refractivity contribution is 5.83. The molecule has 0 atom stereocenters. The van der Waals surface area contributed by atoms with Crippen molar-refractivity contribution in [3.8, 4) is 5.75 Å². The van der Waals surface area contributed by atoms with Crippen LogP contribution < -0.4 is 5.01 Å². The first-order valence-corrected chi connectivity index (χ1v) is 10.4. The minimum atomic E-state index is -0.174. The number of hydrogen-bond acceptors (Lipinski definition) is 3. The molecule has 0 amide bonds. The molecule has 1 N–H and O–H groups in total. The largest absolute Gasteiger partial charge is 0.507 e. The van der Waals surface area contributed by atoms with Gasteiger partial charge in [-0.3, -0.25) is 0 Å². The summed E-state index contributed by atoms with van der Waals surface area (Å²) in [5, 5.41) is 17.7. The van der Waals surface area contributed by atoms with Crippen LogP contribution in [0.25, 0.3) is 0 Å². The zero-order valence-corrected chi connectivity index (χ0v) is 18.8. The van der Waals surface area contributed by atoms with E-state index in [-0.39, 0.29) is 10.8 Å². The number of benzene rings is 3. The van der Waals surface area contributed by atoms with Gasteiger partial charge in [0.15, 0.2) is 0 Å². The molecule has 0 aliphatic carbocycles. The van der Waals surface area contributed by atoms with Crippen molar-refractivity contribution in [2.24, 2.45) is 5.10 Å². The molecule has 0 bridgehead atoms. The Balaban J connectivity index is 2.10. The van der Waals surface area contributed by atoms with Gasteiger partial charge in [-0.05, 0) is 52.8 Å². The van der Waals surface area contributed by atoms with Gasteiger partial charge in [-0.1, -0.05) is 77.9 Å². The molecule has 30 heavy (non-hydrogen) atoms. The maximum absolute atomic E-state index is 11.0. The molecular weight excluding hydrogens is 368 g/mol. The van der Waals surface area contributed by atoms with Crippen molar-refractivity contribution in [2.45, 2.75) is 52.4 Å². The summed E-state index contributed by atoms with van der Waals surface area (Å²) in [6.45, 7) is 12.7. The fraction of sp³-hybridized carbons (Fsp3) is 0.296. The Morgan fingerprint density at radius 2 is 1.10 bits per heavy atom. The Morgan fingerprint density at radius 3 is 1.47 bits per heavy atom. The molecule has 0 saturated heterocycles. The monoisotopic (exact) mass is 400 g/mol. The van der Waals surface area contributed by atoms with Crippen LogP contribution in [0.5, 0.6) is 5.75 Å². The summed E-state index contributed by atoms with van der Waals surface area (Å²) in [6, 6.07) is 24.3. The lowest BCUT2D eigenvalue weighted by Gasteiger charge is -2.28. The average Bonchev–Trinajstić information content (AvgIpc) is 2.69. The van der Waals surface area contributed by atoms with E-state index in [1.54, 1.807) is 0 Å². The number of hydrogen-bond donors (Lipinski definition) is 1. The third kappa shape index (κ3) is 4.91. The highest BCUT2D eigenvalue weighted by atomic mass is 16.3. The summed E-state index contributed by atoms with van der Waals surface area (Å²) < 4.78 is 0. The summed E-state index contributed by atoms with van der Waals surface area (Å²) in [5.74, 6) is 0.384. The van der Waals surface area contributed by atoms with Gasteiger partial charge in [-0.25, -0.2) is 5.01 Å². The number of para-hydroxylation sites is 2. The molecule has 0 aliphatic rings. The number of aromatic hydroxyl groups is 1. The van der Waals surface area contributed by atoms with E-state index in [1.165, 1.54) is 0 Å². The SMILES string of the molecule is CC(C)(C)c1cc(C=NN(c2ccccc2)c2ccccc2)cc(C(C)(C)C)c1O. The second kappa shape index (κ2) is 8.35. The van der Waals surface area contributed by atoms with Crippen LogP contribution in [0, 0.1) is 0 Å². The molecule has 3 nitrogen and oxygen atoms in total. The fourth-order valence-corrected chi connectivity index (χ4v) is 3.42. The molecule has 0 radical (unpaired) electrons. The quantitative estimate of drug-likeness (QED) is 0.372. The summed E-state index contributed by atoms with van der Waals surface area (Å²) in [7, 11) is 0. The molecule has 0 fully saturated rings. The highest BCUT2D eigenvalue weighted by Gasteiger charge is 2.26. The Bertz CT molecular complexity index is 936. The average molecular weight is 401 g/mol. The number of anilines is 2. The smallest absolute Gasteiger partial charge is 0.123 e. The Hall–Kier alpha value is -3.07. The van der Waals surface area contributed by atoms with Crippen molar-refractivity contribution >= 4 is 17.6 Å². The van der Waals surface area contributed by atoms with Crippen LogP contribution in [0.3, 0.4) is 0 Å². The first-order chi connectivity index (χ1) is 14.1. The van der Waals surface area contributed by atoms with Crippen molar-refractivity contribution in [2.75, 3.05) is 5.01 Å². The molecule has 0 aliphatic heterocycles. The lowest BCUT2D eigenvalue weighted by Crippen LogP contribution is -2.18. The summed E-state index contributed by atoms with van der Waals surface area (Å²) in [4.78, 5) is 0. The van der Waals surface area contributed by atoms with Gasteiger partial charge in [0.25, 0.3) is 0 Å². The zero-order valence-electron chi connectivity index (χ0n) is 18.8. The molecule has 156 valence electrons. The van der Waals surface area contributed by atoms with E-state index in [9.17, 15) is 5.11 Å². The van der Waals surface area contributed by atoms with Crippen LogP contribution in [0.4, 0.5) is 11.4 Å². The lowest BCUT2D eigenvalue weighted by molar-refractivity contribution is 0.423. The molecule has 3 aromatic rings. The van der Waals surface area contributed by atoms with E-state index in [2.05, 4.69) is 41.5 Å². The van der Waals surface area contributed by atoms with E-state index in [1.807, 2.05) is 84.0 Å². The number of phenolic OH excluding ortho intramolecular Hbond substituents is 1. The predicted octanol–water partition coefficient (Wildman–Crippen LogP) is 7.16. The van der Waals surface area contributed by atoms with Gasteiger partial charge in [0.05, 0.1) is 17.6 Å². The van der Waals surface area contributed by atoms with Crippen molar-refractivity contribution in [3.05, 3.63) is 89.5 Å². The molecule has 0 spiro atoms. The van der Waals surface area contributed by atoms with Crippen LogP contribution in [0.2, 0.25) is 0 Å². The van der Waals surface area contributed by atoms with Gasteiger partial charge in [0.2, 0.25) is 0 Å². The van der Waals surface area contributed by atoms with Crippen molar-refractivity contribution in [1.82, 2.24) is 0 Å². The lowest BCUT2D eigenvalue weighted by atomic mass is 9.78. The van der Waals surface area contributed by atoms with Crippen LogP contribution >= 0.6 is 0 Å². The van der Waals surface area contributed by atoms with Crippen molar-refractivity contribution < 1.29 is 5.11 Å². The van der Waals surface area contributed by atoms with E-state index < -0.39 is 0 Å². The maximum atomic E-state index is 11.0. The molecule has 3 rings (SSSR count). The van der Waals surface area contributed by atoms with Crippen molar-refractivity contribution in [1.29, 1.82) is 0 Å². The summed E-state index contributed by atoms with van der Waals surface area (Å²) in [5.41, 5.74) is 4.47. The van der Waals surface area contributed by atoms with E-state index in [0.717, 1.165) is 28.1 Å². The Kier molecular flexibility index (Phi) is 6.02. The van der Waals surface area contributed by atoms with Gasteiger partial charge in [0.1, 0.15) is 5.75 Å². The molecule has 3 heteroatoms. The summed E-state index contributed by atoms with van der Waals surface area (Å²) >= 11 is 0. The molecular formula is C27H32N2O. The van der Waals surface area contributed by atoms with Crippen molar-refractivity contribution in [3.63, 3.8) is 0 Å². The van der Waals surface area contributed by atoms with E-state index in [4.69, 9.17) is 5.10 Å². The molecule has 0 unspecified atom stereocenters. The first kappa shape index (κ1) is 21.6. The third-order valence-electron chi connectivity index (χ3n) is 5.07. The second-order valence-corrected chi connectivity index (χ2v) is 9.69. The maximum Gasteiger partial charge on any atom is 0.123 e. The number of nitrogens with zero attached hydrogens (tertiary/aromatic N) is 2. The normalized spacial score (nSPS) is 12.3. The summed E-state index contributed by atoms with van der Waals surface area (Å²) in [6.07, 6.45) is 1.88. The van der Waals surface area contributed by atoms with Crippen LogP contribution in [-0.4, -0.2) is 11.3 Å². The third-order valence-corrected chi connectivity index (χ3v) is 5.07. The Morgan fingerprint density at radius 1 is 0.700 bits per heavy atom. The standard InChI is InChI=1S/C27H32N2O/c1-26(2,3)23-17-20(18-24(25(23)30)27(4,5)6)19-28-29(21-13-9-7-10-14-21)22-15-11-8-12-16-22/h7-19,30H,1-6H3. The van der Waals surface area contributed by atoms with Gasteiger partial charge < -0.3 is 5.11 Å². The molecule has 0 saturated carbocycles. The van der Waals surface area contributed by atoms with E-state index >= 15 is 0 Å². The van der Waals surface area contributed by atoms with Crippen LogP contribution in [-0.2, 0) is 10.8 Å². The minimum Gasteiger partial charge on any atom is -0.507 e. The predicted molar refractivity (Wildman–Crippen MR) is 128 cm³/mol. The van der Waals surface area contributed by atoms with Gasteiger partial charge in [0, 0.05) is 11.1 Å². The molecule has 0 aromatic heterocycles. The van der Waals surface area contributed by atoms with Gasteiger partial charge >= 0.3 is 0 Å². The molecule has 0 heterocycles. The fourth-order valence-electron chi connectivity index (χ4n) is 3.42. The van der Waals surface area contributed by atoms with Gasteiger partial charge in [-0.2, -0.15) is 5.10 Å². The Labute approximate surface area is 180 Å². The topological polar surface area (TPSA) is 35.8 Å². The number of hydrazone groups is 1.